The molecule has 0 saturated carbocycles. The first-order chi connectivity index (χ1) is 12.1. The van der Waals surface area contributed by atoms with E-state index in [1.54, 1.807) is 12.1 Å². The van der Waals surface area contributed by atoms with Crippen molar-refractivity contribution < 1.29 is 22.7 Å². The Hall–Kier alpha value is -1.93. The van der Waals surface area contributed by atoms with Gasteiger partial charge in [-0.1, -0.05) is 26.0 Å². The Balaban J connectivity index is 2.00. The van der Waals surface area contributed by atoms with E-state index in [2.05, 4.69) is 0 Å². The molecule has 1 fully saturated rings. The van der Waals surface area contributed by atoms with E-state index in [0.717, 1.165) is 5.56 Å². The lowest BCUT2D eigenvalue weighted by atomic mass is 9.98. The van der Waals surface area contributed by atoms with E-state index >= 15 is 0 Å². The van der Waals surface area contributed by atoms with Gasteiger partial charge in [0.15, 0.2) is 6.10 Å². The second kappa shape index (κ2) is 8.18. The number of esters is 1. The van der Waals surface area contributed by atoms with Crippen molar-refractivity contribution in [2.24, 2.45) is 11.7 Å². The lowest BCUT2D eigenvalue weighted by molar-refractivity contribution is -0.159. The number of benzene rings is 1. The summed E-state index contributed by atoms with van der Waals surface area (Å²) in [5.41, 5.74) is 6.16. The Bertz CT molecular complexity index is 750. The van der Waals surface area contributed by atoms with Crippen LogP contribution in [0, 0.1) is 5.92 Å². The van der Waals surface area contributed by atoms with Crippen molar-refractivity contribution in [1.29, 1.82) is 0 Å². The molecule has 1 saturated heterocycles. The van der Waals surface area contributed by atoms with Crippen molar-refractivity contribution >= 4 is 21.9 Å². The van der Waals surface area contributed by atoms with Crippen molar-refractivity contribution in [3.63, 3.8) is 0 Å². The molecule has 0 radical (unpaired) electrons. The van der Waals surface area contributed by atoms with E-state index < -0.39 is 33.9 Å². The molecule has 1 heterocycles. The highest BCUT2D eigenvalue weighted by atomic mass is 32.2. The van der Waals surface area contributed by atoms with Crippen LogP contribution in [-0.2, 0) is 24.3 Å². The van der Waals surface area contributed by atoms with Gasteiger partial charge >= 0.3 is 5.97 Å². The van der Waals surface area contributed by atoms with Crippen molar-refractivity contribution in [3.8, 4) is 0 Å². The van der Waals surface area contributed by atoms with Crippen LogP contribution in [0.2, 0.25) is 0 Å². The Kier molecular flexibility index (Phi) is 6.41. The number of nitrogens with two attached hydrogens (primary N) is 1. The van der Waals surface area contributed by atoms with Gasteiger partial charge in [0.1, 0.15) is 0 Å². The summed E-state index contributed by atoms with van der Waals surface area (Å²) in [5, 5.41) is 0. The molecule has 144 valence electrons. The molecule has 0 aromatic heterocycles. The molecule has 8 heteroatoms. The molecule has 2 N–H and O–H groups in total. The zero-order valence-corrected chi connectivity index (χ0v) is 16.2. The fourth-order valence-electron chi connectivity index (χ4n) is 2.83. The van der Waals surface area contributed by atoms with Crippen LogP contribution in [0.3, 0.4) is 0 Å². The Morgan fingerprint density at radius 2 is 1.65 bits per heavy atom. The fourth-order valence-corrected chi connectivity index (χ4v) is 4.30. The maximum atomic E-state index is 12.8. The van der Waals surface area contributed by atoms with Crippen LogP contribution in [0.15, 0.2) is 29.2 Å². The van der Waals surface area contributed by atoms with E-state index in [4.69, 9.17) is 10.5 Å². The van der Waals surface area contributed by atoms with Gasteiger partial charge in [0, 0.05) is 13.1 Å². The van der Waals surface area contributed by atoms with E-state index in [-0.39, 0.29) is 18.0 Å². The molecule has 1 aromatic rings. The van der Waals surface area contributed by atoms with E-state index in [1.165, 1.54) is 11.2 Å². The Labute approximate surface area is 154 Å². The standard InChI is InChI=1S/C18H26N2O5S/c1-12(2)14-4-6-16(7-5-14)26(23,24)20-10-8-15(9-11-20)18(22)25-13(3)17(19)21/h4-7,12-13,15H,8-11H2,1-3H3,(H2,19,21). The molecule has 7 nitrogen and oxygen atoms in total. The first-order valence-corrected chi connectivity index (χ1v) is 10.2. The van der Waals surface area contributed by atoms with Crippen LogP contribution in [-0.4, -0.2) is 43.8 Å². The van der Waals surface area contributed by atoms with Gasteiger partial charge in [-0.25, -0.2) is 8.42 Å². The van der Waals surface area contributed by atoms with Crippen LogP contribution < -0.4 is 5.73 Å². The van der Waals surface area contributed by atoms with Crippen LogP contribution in [0.25, 0.3) is 0 Å². The molecule has 0 aliphatic carbocycles. The molecular weight excluding hydrogens is 356 g/mol. The van der Waals surface area contributed by atoms with Crippen LogP contribution in [0.5, 0.6) is 0 Å². The molecule has 2 rings (SSSR count). The predicted octanol–water partition coefficient (Wildman–Crippen LogP) is 1.63. The number of carbonyl (C=O) groups is 2. The number of ether oxygens (including phenoxy) is 1. The largest absolute Gasteiger partial charge is 0.452 e. The maximum Gasteiger partial charge on any atom is 0.309 e. The summed E-state index contributed by atoms with van der Waals surface area (Å²) in [6.45, 7) is 5.98. The summed E-state index contributed by atoms with van der Waals surface area (Å²) >= 11 is 0. The minimum atomic E-state index is -3.58. The van der Waals surface area contributed by atoms with Gasteiger partial charge < -0.3 is 10.5 Å². The van der Waals surface area contributed by atoms with Crippen molar-refractivity contribution in [2.45, 2.75) is 50.5 Å². The van der Waals surface area contributed by atoms with Gasteiger partial charge in [0.05, 0.1) is 10.8 Å². The summed E-state index contributed by atoms with van der Waals surface area (Å²) in [6.07, 6.45) is -0.273. The van der Waals surface area contributed by atoms with Gasteiger partial charge in [-0.15, -0.1) is 0 Å². The monoisotopic (exact) mass is 382 g/mol. The normalized spacial score (nSPS) is 17.8. The maximum absolute atomic E-state index is 12.8. The first kappa shape index (κ1) is 20.4. The average molecular weight is 382 g/mol. The van der Waals surface area contributed by atoms with Crippen molar-refractivity contribution in [2.75, 3.05) is 13.1 Å². The third-order valence-corrected chi connectivity index (χ3v) is 6.58. The minimum Gasteiger partial charge on any atom is -0.452 e. The minimum absolute atomic E-state index is 0.235. The number of carbonyl (C=O) groups excluding carboxylic acids is 2. The Morgan fingerprint density at radius 1 is 1.12 bits per heavy atom. The SMILES string of the molecule is CC(OC(=O)C1CCN(S(=O)(=O)c2ccc(C(C)C)cc2)CC1)C(N)=O. The van der Waals surface area contributed by atoms with E-state index in [1.807, 2.05) is 26.0 Å². The first-order valence-electron chi connectivity index (χ1n) is 8.73. The van der Waals surface area contributed by atoms with Gasteiger partial charge in [-0.05, 0) is 43.4 Å². The summed E-state index contributed by atoms with van der Waals surface area (Å²) < 4.78 is 31.9. The van der Waals surface area contributed by atoms with Gasteiger partial charge in [0.2, 0.25) is 10.0 Å². The van der Waals surface area contributed by atoms with Crippen LogP contribution in [0.4, 0.5) is 0 Å². The molecule has 1 atom stereocenters. The molecule has 0 bridgehead atoms. The molecule has 1 aliphatic heterocycles. The van der Waals surface area contributed by atoms with Crippen LogP contribution in [0.1, 0.15) is 45.1 Å². The molecule has 1 aliphatic rings. The lowest BCUT2D eigenvalue weighted by Crippen LogP contribution is -2.41. The topological polar surface area (TPSA) is 107 Å². The quantitative estimate of drug-likeness (QED) is 0.753. The van der Waals surface area contributed by atoms with Crippen molar-refractivity contribution in [3.05, 3.63) is 29.8 Å². The van der Waals surface area contributed by atoms with Gasteiger partial charge in [-0.3, -0.25) is 9.59 Å². The third-order valence-electron chi connectivity index (χ3n) is 4.67. The number of sulfonamides is 1. The number of hydrogen-bond donors (Lipinski definition) is 1. The lowest BCUT2D eigenvalue weighted by Gasteiger charge is -2.30. The highest BCUT2D eigenvalue weighted by Crippen LogP contribution is 2.26. The summed E-state index contributed by atoms with van der Waals surface area (Å²) in [5.74, 6) is -1.30. The molecule has 0 spiro atoms. The third kappa shape index (κ3) is 4.62. The van der Waals surface area contributed by atoms with E-state index in [0.29, 0.717) is 18.8 Å². The smallest absolute Gasteiger partial charge is 0.309 e. The second-order valence-electron chi connectivity index (χ2n) is 6.88. The summed E-state index contributed by atoms with van der Waals surface area (Å²) in [4.78, 5) is 23.3. The number of hydrogen-bond acceptors (Lipinski definition) is 5. The van der Waals surface area contributed by atoms with Crippen molar-refractivity contribution in [1.82, 2.24) is 4.31 Å². The van der Waals surface area contributed by atoms with Crippen LogP contribution >= 0.6 is 0 Å². The molecule has 1 amide bonds. The molecular formula is C18H26N2O5S. The number of primary amides is 1. The average Bonchev–Trinajstić information content (AvgIpc) is 2.61. The summed E-state index contributed by atoms with van der Waals surface area (Å²) in [6, 6.07) is 6.90. The molecule has 1 aromatic carbocycles. The number of amides is 1. The number of rotatable bonds is 6. The highest BCUT2D eigenvalue weighted by Gasteiger charge is 2.33. The van der Waals surface area contributed by atoms with Gasteiger partial charge in [0.25, 0.3) is 5.91 Å². The zero-order chi connectivity index (χ0) is 19.5. The van der Waals surface area contributed by atoms with E-state index in [9.17, 15) is 18.0 Å². The Morgan fingerprint density at radius 3 is 2.12 bits per heavy atom. The fraction of sp³-hybridized carbons (Fsp3) is 0.556. The zero-order valence-electron chi connectivity index (χ0n) is 15.3. The predicted molar refractivity (Wildman–Crippen MR) is 96.8 cm³/mol. The van der Waals surface area contributed by atoms with Gasteiger partial charge in [-0.2, -0.15) is 4.31 Å². The second-order valence-corrected chi connectivity index (χ2v) is 8.82. The summed E-state index contributed by atoms with van der Waals surface area (Å²) in [7, 11) is -3.58. The molecule has 26 heavy (non-hydrogen) atoms. The molecule has 1 unspecified atom stereocenters. The highest BCUT2D eigenvalue weighted by molar-refractivity contribution is 7.89. The number of nitrogens with zero attached hydrogens (tertiary/aromatic N) is 1. The number of piperidine rings is 1.